The van der Waals surface area contributed by atoms with Gasteiger partial charge in [-0.25, -0.2) is 4.98 Å². The molecular weight excluding hydrogens is 425 g/mol. The number of benzene rings is 2. The molecule has 1 atom stereocenters. The monoisotopic (exact) mass is 448 g/mol. The van der Waals surface area contributed by atoms with E-state index in [4.69, 9.17) is 16.3 Å². The van der Waals surface area contributed by atoms with Crippen molar-refractivity contribution in [2.45, 2.75) is 44.9 Å². The van der Waals surface area contributed by atoms with E-state index in [0.717, 1.165) is 72.1 Å². The molecule has 3 nitrogen and oxygen atoms in total. The third kappa shape index (κ3) is 5.13. The van der Waals surface area contributed by atoms with E-state index < -0.39 is 11.7 Å². The molecule has 4 rings (SSSR count). The second-order valence-electron chi connectivity index (χ2n) is 8.03. The molecule has 0 amide bonds. The molecule has 1 fully saturated rings. The van der Waals surface area contributed by atoms with Crippen molar-refractivity contribution in [3.63, 3.8) is 0 Å². The van der Waals surface area contributed by atoms with Crippen LogP contribution in [-0.4, -0.2) is 18.1 Å². The third-order valence-electron chi connectivity index (χ3n) is 5.82. The van der Waals surface area contributed by atoms with Crippen molar-refractivity contribution in [1.29, 1.82) is 0 Å². The Hall–Kier alpha value is -2.31. The number of fused-ring (bicyclic) bond motifs is 1. The Balaban J connectivity index is 1.57. The van der Waals surface area contributed by atoms with Crippen molar-refractivity contribution in [1.82, 2.24) is 10.3 Å². The van der Waals surface area contributed by atoms with E-state index in [0.29, 0.717) is 11.1 Å². The van der Waals surface area contributed by atoms with E-state index in [1.807, 2.05) is 19.1 Å². The summed E-state index contributed by atoms with van der Waals surface area (Å²) in [6.07, 6.45) is -1.16. The van der Waals surface area contributed by atoms with Crippen molar-refractivity contribution in [3.8, 4) is 5.75 Å². The summed E-state index contributed by atoms with van der Waals surface area (Å²) < 4.78 is 44.4. The number of rotatable bonds is 4. The molecule has 3 aromatic rings. The van der Waals surface area contributed by atoms with Crippen LogP contribution in [0.2, 0.25) is 5.15 Å². The molecule has 7 heteroatoms. The molecule has 0 saturated carbocycles. The first kappa shape index (κ1) is 21.9. The Morgan fingerprint density at radius 2 is 1.97 bits per heavy atom. The molecule has 0 spiro atoms. The number of pyridine rings is 1. The number of aryl methyl sites for hydroxylation is 1. The van der Waals surface area contributed by atoms with Crippen molar-refractivity contribution in [2.75, 3.05) is 13.1 Å². The molecule has 31 heavy (non-hydrogen) atoms. The molecule has 0 radical (unpaired) electrons. The molecule has 1 unspecified atom stereocenters. The zero-order valence-electron chi connectivity index (χ0n) is 17.2. The van der Waals surface area contributed by atoms with Gasteiger partial charge in [-0.1, -0.05) is 17.7 Å². The van der Waals surface area contributed by atoms with Crippen LogP contribution in [0.4, 0.5) is 13.2 Å². The lowest BCUT2D eigenvalue weighted by atomic mass is 9.92. The maximum Gasteiger partial charge on any atom is 0.416 e. The Bertz CT molecular complexity index is 1080. The van der Waals surface area contributed by atoms with Gasteiger partial charge in [0, 0.05) is 5.39 Å². The van der Waals surface area contributed by atoms with Crippen LogP contribution in [-0.2, 0) is 12.8 Å². The number of halogens is 4. The minimum absolute atomic E-state index is 0.151. The van der Waals surface area contributed by atoms with Crippen LogP contribution in [0.1, 0.15) is 47.4 Å². The van der Waals surface area contributed by atoms with Gasteiger partial charge in [0.25, 0.3) is 0 Å². The van der Waals surface area contributed by atoms with Crippen molar-refractivity contribution >= 4 is 22.5 Å². The van der Waals surface area contributed by atoms with Crippen molar-refractivity contribution in [3.05, 3.63) is 69.9 Å². The normalized spacial score (nSPS) is 17.5. The van der Waals surface area contributed by atoms with Gasteiger partial charge < -0.3 is 10.1 Å². The standard InChI is InChI=1S/C24H24ClF3N2O/c1-15-10-17-11-21(16-4-3-8-29-9-7-16)23(25)30-22(17)12-18(15)14-31-20-6-2-5-19(13-20)24(26,27)28/h2,5-6,10-13,16,29H,3-4,7-9,14H2,1H3. The van der Waals surface area contributed by atoms with Crippen molar-refractivity contribution in [2.24, 2.45) is 0 Å². The molecular formula is C24H24ClF3N2O. The van der Waals surface area contributed by atoms with Crippen LogP contribution >= 0.6 is 11.6 Å². The van der Waals surface area contributed by atoms with E-state index in [-0.39, 0.29) is 12.4 Å². The zero-order valence-corrected chi connectivity index (χ0v) is 18.0. The molecule has 164 valence electrons. The maximum atomic E-state index is 12.9. The van der Waals surface area contributed by atoms with Crippen molar-refractivity contribution < 1.29 is 17.9 Å². The number of aromatic nitrogens is 1. The quantitative estimate of drug-likeness (QED) is 0.453. The topological polar surface area (TPSA) is 34.2 Å². The molecule has 2 aromatic carbocycles. The first-order valence-electron chi connectivity index (χ1n) is 10.4. The van der Waals surface area contributed by atoms with E-state index in [9.17, 15) is 13.2 Å². The summed E-state index contributed by atoms with van der Waals surface area (Å²) in [7, 11) is 0. The summed E-state index contributed by atoms with van der Waals surface area (Å²) in [4.78, 5) is 4.63. The fourth-order valence-electron chi connectivity index (χ4n) is 4.07. The highest BCUT2D eigenvalue weighted by Gasteiger charge is 2.30. The highest BCUT2D eigenvalue weighted by molar-refractivity contribution is 6.30. The number of ether oxygens (including phenoxy) is 1. The highest BCUT2D eigenvalue weighted by Crippen LogP contribution is 2.34. The van der Waals surface area contributed by atoms with Gasteiger partial charge in [0.2, 0.25) is 0 Å². The summed E-state index contributed by atoms with van der Waals surface area (Å²) in [5.74, 6) is 0.571. The third-order valence-corrected chi connectivity index (χ3v) is 6.13. The largest absolute Gasteiger partial charge is 0.489 e. The molecule has 0 bridgehead atoms. The smallest absolute Gasteiger partial charge is 0.416 e. The van der Waals surface area contributed by atoms with Crippen LogP contribution in [0, 0.1) is 6.92 Å². The SMILES string of the molecule is Cc1cc2cc(C3CCCNCC3)c(Cl)nc2cc1COc1cccc(C(F)(F)F)c1. The van der Waals surface area contributed by atoms with Crippen LogP contribution in [0.25, 0.3) is 10.9 Å². The Kier molecular flexibility index (Phi) is 6.39. The highest BCUT2D eigenvalue weighted by atomic mass is 35.5. The van der Waals surface area contributed by atoms with Gasteiger partial charge in [-0.2, -0.15) is 13.2 Å². The lowest BCUT2D eigenvalue weighted by Crippen LogP contribution is -2.13. The summed E-state index contributed by atoms with van der Waals surface area (Å²) in [5.41, 5.74) is 2.98. The number of hydrogen-bond acceptors (Lipinski definition) is 3. The van der Waals surface area contributed by atoms with Crippen LogP contribution in [0.5, 0.6) is 5.75 Å². The van der Waals surface area contributed by atoms with Gasteiger partial charge in [0.15, 0.2) is 0 Å². The molecule has 1 aliphatic heterocycles. The predicted molar refractivity (Wildman–Crippen MR) is 117 cm³/mol. The minimum Gasteiger partial charge on any atom is -0.489 e. The minimum atomic E-state index is -4.40. The number of nitrogens with zero attached hydrogens (tertiary/aromatic N) is 1. The van der Waals surface area contributed by atoms with E-state index in [1.54, 1.807) is 0 Å². The number of nitrogens with one attached hydrogen (secondary N) is 1. The Morgan fingerprint density at radius 3 is 2.77 bits per heavy atom. The van der Waals surface area contributed by atoms with Crippen LogP contribution < -0.4 is 10.1 Å². The summed E-state index contributed by atoms with van der Waals surface area (Å²) in [6.45, 7) is 4.12. The fourth-order valence-corrected chi connectivity index (χ4v) is 4.37. The molecule has 1 aromatic heterocycles. The summed E-state index contributed by atoms with van der Waals surface area (Å²) >= 11 is 6.55. The fraction of sp³-hybridized carbons (Fsp3) is 0.375. The lowest BCUT2D eigenvalue weighted by molar-refractivity contribution is -0.137. The molecule has 2 heterocycles. The number of alkyl halides is 3. The zero-order chi connectivity index (χ0) is 22.0. The van der Waals surface area contributed by atoms with Gasteiger partial charge in [0.05, 0.1) is 11.1 Å². The Labute approximate surface area is 184 Å². The van der Waals surface area contributed by atoms with Gasteiger partial charge in [-0.05, 0) is 98.3 Å². The molecule has 0 aliphatic carbocycles. The molecule has 1 N–H and O–H groups in total. The van der Waals surface area contributed by atoms with Crippen LogP contribution in [0.3, 0.4) is 0 Å². The number of hydrogen-bond donors (Lipinski definition) is 1. The van der Waals surface area contributed by atoms with Gasteiger partial charge in [-0.15, -0.1) is 0 Å². The second kappa shape index (κ2) is 9.05. The molecule has 1 saturated heterocycles. The maximum absolute atomic E-state index is 12.9. The predicted octanol–water partition coefficient (Wildman–Crippen LogP) is 6.65. The average Bonchev–Trinajstić information content (AvgIpc) is 3.01. The van der Waals surface area contributed by atoms with E-state index in [1.165, 1.54) is 12.1 Å². The average molecular weight is 449 g/mol. The second-order valence-corrected chi connectivity index (χ2v) is 8.39. The van der Waals surface area contributed by atoms with Gasteiger partial charge in [0.1, 0.15) is 17.5 Å². The first-order valence-corrected chi connectivity index (χ1v) is 10.8. The van der Waals surface area contributed by atoms with E-state index in [2.05, 4.69) is 16.4 Å². The van der Waals surface area contributed by atoms with Crippen LogP contribution in [0.15, 0.2) is 42.5 Å². The van der Waals surface area contributed by atoms with Gasteiger partial charge in [-0.3, -0.25) is 0 Å². The Morgan fingerprint density at radius 1 is 1.13 bits per heavy atom. The summed E-state index contributed by atoms with van der Waals surface area (Å²) in [5, 5.41) is 4.95. The van der Waals surface area contributed by atoms with Gasteiger partial charge >= 0.3 is 6.18 Å². The first-order chi connectivity index (χ1) is 14.8. The summed E-state index contributed by atoms with van der Waals surface area (Å²) in [6, 6.07) is 11.0. The van der Waals surface area contributed by atoms with E-state index >= 15 is 0 Å². The lowest BCUT2D eigenvalue weighted by Gasteiger charge is -2.17. The molecule has 1 aliphatic rings.